The van der Waals surface area contributed by atoms with E-state index in [-0.39, 0.29) is 12.1 Å². The van der Waals surface area contributed by atoms with E-state index >= 15 is 0 Å². The van der Waals surface area contributed by atoms with Crippen LogP contribution in [-0.4, -0.2) is 53.7 Å². The number of piperidine rings is 1. The summed E-state index contributed by atoms with van der Waals surface area (Å²) in [5.41, 5.74) is 2.15. The van der Waals surface area contributed by atoms with Crippen LogP contribution in [-0.2, 0) is 11.3 Å². The molecule has 2 aromatic rings. The lowest BCUT2D eigenvalue weighted by atomic mass is 10.1. The number of aromatic nitrogens is 2. The maximum atomic E-state index is 11.8. The predicted octanol–water partition coefficient (Wildman–Crippen LogP) is 3.45. The van der Waals surface area contributed by atoms with Gasteiger partial charge in [-0.3, -0.25) is 0 Å². The summed E-state index contributed by atoms with van der Waals surface area (Å²) in [5.74, 6) is 1.53. The van der Waals surface area contributed by atoms with E-state index in [1.54, 1.807) is 4.90 Å². The summed E-state index contributed by atoms with van der Waals surface area (Å²) in [6.45, 7) is 6.37. The van der Waals surface area contributed by atoms with E-state index in [2.05, 4.69) is 27.3 Å². The molecule has 0 unspecified atom stereocenters. The Kier molecular flexibility index (Phi) is 6.68. The topological polar surface area (TPSA) is 70.6 Å². The molecule has 3 rings (SSSR count). The minimum atomic E-state index is -0.219. The number of benzene rings is 1. The normalized spacial score (nSPS) is 14.6. The molecule has 1 aromatic carbocycles. The van der Waals surface area contributed by atoms with Crippen LogP contribution in [0.25, 0.3) is 0 Å². The summed E-state index contributed by atoms with van der Waals surface area (Å²) in [6, 6.07) is 12.5. The van der Waals surface area contributed by atoms with Crippen molar-refractivity contribution in [3.8, 4) is 0 Å². The molecule has 1 saturated heterocycles. The zero-order chi connectivity index (χ0) is 19.9. The van der Waals surface area contributed by atoms with Crippen LogP contribution < -0.4 is 10.2 Å². The summed E-state index contributed by atoms with van der Waals surface area (Å²) < 4.78 is 5.08. The fourth-order valence-corrected chi connectivity index (χ4v) is 3.36. The molecule has 7 nitrogen and oxygen atoms in total. The Morgan fingerprint density at radius 3 is 2.64 bits per heavy atom. The van der Waals surface area contributed by atoms with Gasteiger partial charge in [0.05, 0.1) is 6.61 Å². The first kappa shape index (κ1) is 19.9. The van der Waals surface area contributed by atoms with Crippen LogP contribution in [0.5, 0.6) is 0 Å². The monoisotopic (exact) mass is 383 g/mol. The molecule has 0 bridgehead atoms. The van der Waals surface area contributed by atoms with Crippen molar-refractivity contribution in [3.05, 3.63) is 47.7 Å². The van der Waals surface area contributed by atoms with E-state index in [0.29, 0.717) is 25.6 Å². The number of aryl methyl sites for hydroxylation is 1. The second-order valence-electron chi connectivity index (χ2n) is 7.14. The minimum absolute atomic E-state index is 0.219. The first-order valence-electron chi connectivity index (χ1n) is 9.84. The Labute approximate surface area is 166 Å². The van der Waals surface area contributed by atoms with Crippen LogP contribution in [0.2, 0.25) is 0 Å². The first-order chi connectivity index (χ1) is 13.5. The van der Waals surface area contributed by atoms with E-state index < -0.39 is 0 Å². The van der Waals surface area contributed by atoms with Crippen molar-refractivity contribution in [1.29, 1.82) is 0 Å². The van der Waals surface area contributed by atoms with Crippen molar-refractivity contribution in [2.45, 2.75) is 39.3 Å². The molecule has 0 radical (unpaired) electrons. The number of rotatable bonds is 6. The van der Waals surface area contributed by atoms with Crippen LogP contribution in [0.1, 0.15) is 31.0 Å². The van der Waals surface area contributed by atoms with Crippen LogP contribution in [0.3, 0.4) is 0 Å². The van der Waals surface area contributed by atoms with Crippen molar-refractivity contribution in [2.24, 2.45) is 0 Å². The van der Waals surface area contributed by atoms with E-state index in [9.17, 15) is 4.79 Å². The molecule has 0 spiro atoms. The van der Waals surface area contributed by atoms with Crippen molar-refractivity contribution in [2.75, 3.05) is 37.0 Å². The number of anilines is 2. The van der Waals surface area contributed by atoms with Crippen LogP contribution in [0.4, 0.5) is 16.6 Å². The number of amides is 1. The average molecular weight is 383 g/mol. The summed E-state index contributed by atoms with van der Waals surface area (Å²) in [6.07, 6.45) is 1.53. The standard InChI is InChI=1S/C21H29N5O2/c1-4-28-21(27)26-12-10-18(11-13-26)23-19-14-16(2)22-20(24-19)25(3)15-17-8-6-5-7-9-17/h5-9,14,18H,4,10-13,15H2,1-3H3,(H,22,23,24). The van der Waals surface area contributed by atoms with Gasteiger partial charge in [-0.1, -0.05) is 30.3 Å². The van der Waals surface area contributed by atoms with Crippen molar-refractivity contribution in [1.82, 2.24) is 14.9 Å². The summed E-state index contributed by atoms with van der Waals surface area (Å²) in [7, 11) is 2.00. The lowest BCUT2D eigenvalue weighted by molar-refractivity contribution is 0.0983. The molecular formula is C21H29N5O2. The molecule has 28 heavy (non-hydrogen) atoms. The Morgan fingerprint density at radius 2 is 1.96 bits per heavy atom. The maximum absolute atomic E-state index is 11.8. The number of carbonyl (C=O) groups excluding carboxylic acids is 1. The highest BCUT2D eigenvalue weighted by Gasteiger charge is 2.24. The molecule has 1 aliphatic heterocycles. The molecule has 1 amide bonds. The largest absolute Gasteiger partial charge is 0.450 e. The number of carbonyl (C=O) groups is 1. The van der Waals surface area contributed by atoms with Gasteiger partial charge in [0.15, 0.2) is 0 Å². The predicted molar refractivity (Wildman–Crippen MR) is 111 cm³/mol. The number of likely N-dealkylation sites (tertiary alicyclic amines) is 1. The van der Waals surface area contributed by atoms with E-state index in [1.807, 2.05) is 45.2 Å². The van der Waals surface area contributed by atoms with Gasteiger partial charge in [-0.15, -0.1) is 0 Å². The summed E-state index contributed by atoms with van der Waals surface area (Å²) in [4.78, 5) is 24.9. The van der Waals surface area contributed by atoms with Crippen LogP contribution >= 0.6 is 0 Å². The first-order valence-corrected chi connectivity index (χ1v) is 9.84. The summed E-state index contributed by atoms with van der Waals surface area (Å²) in [5, 5.41) is 3.52. The second-order valence-corrected chi connectivity index (χ2v) is 7.14. The average Bonchev–Trinajstić information content (AvgIpc) is 2.69. The van der Waals surface area contributed by atoms with Crippen molar-refractivity contribution < 1.29 is 9.53 Å². The second kappa shape index (κ2) is 9.39. The molecule has 0 saturated carbocycles. The number of nitrogens with one attached hydrogen (secondary N) is 1. The molecule has 1 fully saturated rings. The third kappa shape index (κ3) is 5.34. The highest BCUT2D eigenvalue weighted by Crippen LogP contribution is 2.19. The van der Waals surface area contributed by atoms with E-state index in [0.717, 1.165) is 30.9 Å². The van der Waals surface area contributed by atoms with Crippen molar-refractivity contribution >= 4 is 17.9 Å². The SMILES string of the molecule is CCOC(=O)N1CCC(Nc2cc(C)nc(N(C)Cc3ccccc3)n2)CC1. The van der Waals surface area contributed by atoms with E-state index in [1.165, 1.54) is 5.56 Å². The Hall–Kier alpha value is -2.83. The number of ether oxygens (including phenoxy) is 1. The Bertz CT molecular complexity index is 776. The van der Waals surface area contributed by atoms with Gasteiger partial charge in [0.2, 0.25) is 5.95 Å². The molecule has 2 heterocycles. The lowest BCUT2D eigenvalue weighted by Crippen LogP contribution is -2.42. The van der Waals surface area contributed by atoms with Crippen LogP contribution in [0.15, 0.2) is 36.4 Å². The quantitative estimate of drug-likeness (QED) is 0.824. The number of hydrogen-bond acceptors (Lipinski definition) is 6. The Morgan fingerprint density at radius 1 is 1.25 bits per heavy atom. The van der Waals surface area contributed by atoms with Gasteiger partial charge in [0, 0.05) is 44.5 Å². The zero-order valence-corrected chi connectivity index (χ0v) is 16.9. The highest BCUT2D eigenvalue weighted by atomic mass is 16.6. The minimum Gasteiger partial charge on any atom is -0.450 e. The molecule has 0 aliphatic carbocycles. The smallest absolute Gasteiger partial charge is 0.409 e. The molecule has 150 valence electrons. The van der Waals surface area contributed by atoms with Gasteiger partial charge in [-0.2, -0.15) is 4.98 Å². The zero-order valence-electron chi connectivity index (χ0n) is 16.9. The lowest BCUT2D eigenvalue weighted by Gasteiger charge is -2.32. The molecule has 0 atom stereocenters. The van der Waals surface area contributed by atoms with Gasteiger partial charge in [0.25, 0.3) is 0 Å². The van der Waals surface area contributed by atoms with Crippen LogP contribution in [0, 0.1) is 6.92 Å². The van der Waals surface area contributed by atoms with Gasteiger partial charge < -0.3 is 19.9 Å². The molecule has 1 N–H and O–H groups in total. The third-order valence-corrected chi connectivity index (χ3v) is 4.82. The fourth-order valence-electron chi connectivity index (χ4n) is 3.36. The van der Waals surface area contributed by atoms with Gasteiger partial charge >= 0.3 is 6.09 Å². The van der Waals surface area contributed by atoms with Gasteiger partial charge in [0.1, 0.15) is 5.82 Å². The highest BCUT2D eigenvalue weighted by molar-refractivity contribution is 5.67. The molecule has 7 heteroatoms. The molecular weight excluding hydrogens is 354 g/mol. The number of nitrogens with zero attached hydrogens (tertiary/aromatic N) is 4. The maximum Gasteiger partial charge on any atom is 0.409 e. The Balaban J connectivity index is 1.60. The van der Waals surface area contributed by atoms with Gasteiger partial charge in [-0.05, 0) is 32.3 Å². The van der Waals surface area contributed by atoms with Gasteiger partial charge in [-0.25, -0.2) is 9.78 Å². The fraction of sp³-hybridized carbons (Fsp3) is 0.476. The summed E-state index contributed by atoms with van der Waals surface area (Å²) >= 11 is 0. The van der Waals surface area contributed by atoms with E-state index in [4.69, 9.17) is 9.72 Å². The number of hydrogen-bond donors (Lipinski definition) is 1. The third-order valence-electron chi connectivity index (χ3n) is 4.82. The van der Waals surface area contributed by atoms with Crippen molar-refractivity contribution in [3.63, 3.8) is 0 Å². The molecule has 1 aromatic heterocycles. The molecule has 1 aliphatic rings.